The van der Waals surface area contributed by atoms with Crippen LogP contribution in [0.15, 0.2) is 22.7 Å². The Morgan fingerprint density at radius 1 is 1.47 bits per heavy atom. The predicted octanol–water partition coefficient (Wildman–Crippen LogP) is 2.39. The summed E-state index contributed by atoms with van der Waals surface area (Å²) in [6.07, 6.45) is 0. The molecule has 0 aliphatic heterocycles. The Morgan fingerprint density at radius 3 is 2.67 bits per heavy atom. The van der Waals surface area contributed by atoms with Gasteiger partial charge in [-0.1, -0.05) is 15.9 Å². The van der Waals surface area contributed by atoms with Crippen LogP contribution in [0.4, 0.5) is 11.4 Å². The maximum Gasteiger partial charge on any atom is 0.0575 e. The number of halogens is 1. The molecule has 4 heteroatoms. The highest BCUT2D eigenvalue weighted by atomic mass is 79.9. The molecule has 1 unspecified atom stereocenters. The lowest BCUT2D eigenvalue weighted by Crippen LogP contribution is -2.31. The van der Waals surface area contributed by atoms with E-state index in [1.165, 1.54) is 0 Å². The van der Waals surface area contributed by atoms with E-state index in [1.54, 1.807) is 0 Å². The monoisotopic (exact) mass is 271 g/mol. The van der Waals surface area contributed by atoms with Gasteiger partial charge >= 0.3 is 0 Å². The van der Waals surface area contributed by atoms with E-state index in [-0.39, 0.29) is 0 Å². The Hall–Kier alpha value is -0.740. The predicted molar refractivity (Wildman–Crippen MR) is 70.2 cm³/mol. The van der Waals surface area contributed by atoms with Gasteiger partial charge in [-0.25, -0.2) is 0 Å². The summed E-state index contributed by atoms with van der Waals surface area (Å²) in [4.78, 5) is 2.17. The fourth-order valence-electron chi connectivity index (χ4n) is 1.13. The Balaban J connectivity index is 2.58. The highest BCUT2D eigenvalue weighted by Gasteiger charge is 2.05. The van der Waals surface area contributed by atoms with E-state index < -0.39 is 0 Å². The van der Waals surface area contributed by atoms with Crippen molar-refractivity contribution in [3.8, 4) is 0 Å². The number of nitrogens with zero attached hydrogens (tertiary/aromatic N) is 1. The van der Waals surface area contributed by atoms with Gasteiger partial charge in [0.2, 0.25) is 0 Å². The molecule has 0 bridgehead atoms. The summed E-state index contributed by atoms with van der Waals surface area (Å²) in [5, 5.41) is 3.33. The summed E-state index contributed by atoms with van der Waals surface area (Å²) in [6.45, 7) is 3.06. The van der Waals surface area contributed by atoms with Crippen LogP contribution in [0.3, 0.4) is 0 Å². The third kappa shape index (κ3) is 3.72. The van der Waals surface area contributed by atoms with Gasteiger partial charge in [-0.2, -0.15) is 0 Å². The largest absolute Gasteiger partial charge is 0.397 e. The third-order valence-electron chi connectivity index (χ3n) is 2.48. The lowest BCUT2D eigenvalue weighted by molar-refractivity contribution is 0.326. The van der Waals surface area contributed by atoms with Crippen LogP contribution < -0.4 is 11.1 Å². The second-order valence-corrected chi connectivity index (χ2v) is 4.84. The van der Waals surface area contributed by atoms with E-state index in [0.29, 0.717) is 6.04 Å². The van der Waals surface area contributed by atoms with Crippen molar-refractivity contribution in [1.82, 2.24) is 4.90 Å². The van der Waals surface area contributed by atoms with Gasteiger partial charge in [-0.3, -0.25) is 0 Å². The fraction of sp³-hybridized carbons (Fsp3) is 0.455. The normalized spacial score (nSPS) is 12.9. The molecule has 0 aromatic heterocycles. The van der Waals surface area contributed by atoms with E-state index in [0.717, 1.165) is 22.4 Å². The number of hydrogen-bond acceptors (Lipinski definition) is 3. The molecule has 3 nitrogen and oxygen atoms in total. The number of nitrogen functional groups attached to an aromatic ring is 1. The molecule has 0 heterocycles. The van der Waals surface area contributed by atoms with E-state index in [1.807, 2.05) is 18.2 Å². The average Bonchev–Trinajstić information content (AvgIpc) is 2.15. The summed E-state index contributed by atoms with van der Waals surface area (Å²) in [5.41, 5.74) is 7.64. The van der Waals surface area contributed by atoms with Crippen LogP contribution in [0, 0.1) is 0 Å². The van der Waals surface area contributed by atoms with Gasteiger partial charge in [0, 0.05) is 17.1 Å². The minimum atomic E-state index is 0.480. The molecular weight excluding hydrogens is 254 g/mol. The molecule has 0 fully saturated rings. The maximum atomic E-state index is 5.88. The fourth-order valence-corrected chi connectivity index (χ4v) is 1.51. The second kappa shape index (κ2) is 5.37. The second-order valence-electron chi connectivity index (χ2n) is 3.93. The number of rotatable bonds is 4. The SMILES string of the molecule is CC(CNc1ccc(Br)cc1N)N(C)C. The van der Waals surface area contributed by atoms with Gasteiger partial charge in [0.25, 0.3) is 0 Å². The van der Waals surface area contributed by atoms with Crippen LogP contribution in [0.2, 0.25) is 0 Å². The lowest BCUT2D eigenvalue weighted by Gasteiger charge is -2.21. The van der Waals surface area contributed by atoms with E-state index >= 15 is 0 Å². The molecule has 1 rings (SSSR count). The highest BCUT2D eigenvalue weighted by Crippen LogP contribution is 2.22. The number of anilines is 2. The topological polar surface area (TPSA) is 41.3 Å². The first-order valence-corrected chi connectivity index (χ1v) is 5.75. The zero-order chi connectivity index (χ0) is 11.4. The number of nitrogens with two attached hydrogens (primary N) is 1. The standard InChI is InChI=1S/C11H18BrN3/c1-8(15(2)3)7-14-11-5-4-9(12)6-10(11)13/h4-6,8,14H,7,13H2,1-3H3. The van der Waals surface area contributed by atoms with Crippen molar-refractivity contribution in [1.29, 1.82) is 0 Å². The molecule has 1 aromatic carbocycles. The zero-order valence-corrected chi connectivity index (χ0v) is 11.0. The van der Waals surface area contributed by atoms with E-state index in [9.17, 15) is 0 Å². The number of benzene rings is 1. The highest BCUT2D eigenvalue weighted by molar-refractivity contribution is 9.10. The Kier molecular flexibility index (Phi) is 4.42. The Labute approximate surface area is 99.8 Å². The first-order valence-electron chi connectivity index (χ1n) is 4.96. The van der Waals surface area contributed by atoms with Gasteiger partial charge in [0.1, 0.15) is 0 Å². The maximum absolute atomic E-state index is 5.88. The molecule has 0 amide bonds. The van der Waals surface area contributed by atoms with Gasteiger partial charge in [0.05, 0.1) is 11.4 Å². The summed E-state index contributed by atoms with van der Waals surface area (Å²) in [5.74, 6) is 0. The molecule has 3 N–H and O–H groups in total. The Morgan fingerprint density at radius 2 is 2.13 bits per heavy atom. The molecule has 0 aliphatic rings. The van der Waals surface area contributed by atoms with Crippen molar-refractivity contribution in [3.63, 3.8) is 0 Å². The molecule has 0 saturated carbocycles. The van der Waals surface area contributed by atoms with E-state index in [4.69, 9.17) is 5.73 Å². The lowest BCUT2D eigenvalue weighted by atomic mass is 10.2. The molecule has 0 saturated heterocycles. The zero-order valence-electron chi connectivity index (χ0n) is 9.42. The third-order valence-corrected chi connectivity index (χ3v) is 2.98. The van der Waals surface area contributed by atoms with Crippen LogP contribution >= 0.6 is 15.9 Å². The van der Waals surface area contributed by atoms with Crippen molar-refractivity contribution >= 4 is 27.3 Å². The quantitative estimate of drug-likeness (QED) is 0.827. The summed E-state index contributed by atoms with van der Waals surface area (Å²) in [6, 6.07) is 6.36. The van der Waals surface area contributed by atoms with Crippen LogP contribution in [0.25, 0.3) is 0 Å². The average molecular weight is 272 g/mol. The molecule has 0 radical (unpaired) electrons. The van der Waals surface area contributed by atoms with Crippen LogP contribution in [0.1, 0.15) is 6.92 Å². The van der Waals surface area contributed by atoms with Crippen molar-refractivity contribution in [2.75, 3.05) is 31.7 Å². The van der Waals surface area contributed by atoms with Crippen LogP contribution in [0.5, 0.6) is 0 Å². The molecule has 1 atom stereocenters. The van der Waals surface area contributed by atoms with Crippen molar-refractivity contribution in [2.45, 2.75) is 13.0 Å². The first kappa shape index (κ1) is 12.3. The molecule has 15 heavy (non-hydrogen) atoms. The molecule has 0 aliphatic carbocycles. The minimum absolute atomic E-state index is 0.480. The van der Waals surface area contributed by atoms with E-state index in [2.05, 4.69) is 47.2 Å². The minimum Gasteiger partial charge on any atom is -0.397 e. The van der Waals surface area contributed by atoms with Gasteiger partial charge in [-0.05, 0) is 39.2 Å². The number of hydrogen-bond donors (Lipinski definition) is 2. The van der Waals surface area contributed by atoms with Crippen molar-refractivity contribution < 1.29 is 0 Å². The summed E-state index contributed by atoms with van der Waals surface area (Å²) >= 11 is 3.38. The molecule has 0 spiro atoms. The first-order chi connectivity index (χ1) is 7.00. The van der Waals surface area contributed by atoms with Gasteiger partial charge in [0.15, 0.2) is 0 Å². The molecule has 1 aromatic rings. The molecular formula is C11H18BrN3. The number of likely N-dealkylation sites (N-methyl/N-ethyl adjacent to an activating group) is 1. The van der Waals surface area contributed by atoms with Crippen molar-refractivity contribution in [3.05, 3.63) is 22.7 Å². The van der Waals surface area contributed by atoms with Gasteiger partial charge in [-0.15, -0.1) is 0 Å². The van der Waals surface area contributed by atoms with Crippen LogP contribution in [-0.2, 0) is 0 Å². The Bertz CT molecular complexity index is 326. The number of nitrogens with one attached hydrogen (secondary N) is 1. The smallest absolute Gasteiger partial charge is 0.0575 e. The molecule has 84 valence electrons. The van der Waals surface area contributed by atoms with Crippen LogP contribution in [-0.4, -0.2) is 31.6 Å². The summed E-state index contributed by atoms with van der Waals surface area (Å²) < 4.78 is 1.01. The van der Waals surface area contributed by atoms with Crippen molar-refractivity contribution in [2.24, 2.45) is 0 Å². The summed E-state index contributed by atoms with van der Waals surface area (Å²) in [7, 11) is 4.13. The van der Waals surface area contributed by atoms with Gasteiger partial charge < -0.3 is 16.0 Å².